The second-order valence-electron chi connectivity index (χ2n) is 8.02. The van der Waals surface area contributed by atoms with Crippen LogP contribution in [-0.4, -0.2) is 58.1 Å². The van der Waals surface area contributed by atoms with Gasteiger partial charge in [0.25, 0.3) is 0 Å². The number of carbonyl (C=O) groups excluding carboxylic acids is 1. The number of unbranched alkanes of at least 4 members (excludes halogenated alkanes) is 1. The zero-order valence-electron chi connectivity index (χ0n) is 19.8. The second kappa shape index (κ2) is 13.0. The Labute approximate surface area is 223 Å². The third-order valence-electron chi connectivity index (χ3n) is 5.15. The SMILES string of the molecule is CCCCOc1ccc(S(=O)(=O)NC(CC(=O)O)C(=O)Cn2nnc(Cc3c(Cl)cccc3Cl)n2)cc1. The summed E-state index contributed by atoms with van der Waals surface area (Å²) < 4.78 is 33.4. The topological polar surface area (TPSA) is 153 Å². The van der Waals surface area contributed by atoms with Crippen LogP contribution in [0.15, 0.2) is 47.4 Å². The normalized spacial score (nSPS) is 12.3. The molecule has 0 aliphatic carbocycles. The number of nitrogens with zero attached hydrogens (tertiary/aromatic N) is 4. The van der Waals surface area contributed by atoms with Gasteiger partial charge in [-0.2, -0.15) is 9.52 Å². The molecule has 37 heavy (non-hydrogen) atoms. The summed E-state index contributed by atoms with van der Waals surface area (Å²) in [6, 6.07) is 9.06. The number of nitrogens with one attached hydrogen (secondary N) is 1. The Balaban J connectivity index is 1.69. The molecule has 0 saturated carbocycles. The van der Waals surface area contributed by atoms with E-state index in [1.54, 1.807) is 18.2 Å². The lowest BCUT2D eigenvalue weighted by molar-refractivity contribution is -0.139. The van der Waals surface area contributed by atoms with Gasteiger partial charge < -0.3 is 9.84 Å². The lowest BCUT2D eigenvalue weighted by Crippen LogP contribution is -2.43. The van der Waals surface area contributed by atoms with E-state index >= 15 is 0 Å². The van der Waals surface area contributed by atoms with Crippen molar-refractivity contribution in [2.45, 2.75) is 50.1 Å². The number of aromatic nitrogens is 4. The number of halogens is 2. The van der Waals surface area contributed by atoms with Gasteiger partial charge in [-0.25, -0.2) is 8.42 Å². The molecule has 2 aromatic carbocycles. The molecule has 0 amide bonds. The molecule has 0 spiro atoms. The van der Waals surface area contributed by atoms with Crippen LogP contribution in [0.4, 0.5) is 0 Å². The number of hydrogen-bond acceptors (Lipinski definition) is 8. The third-order valence-corrected chi connectivity index (χ3v) is 7.35. The van der Waals surface area contributed by atoms with Gasteiger partial charge in [0, 0.05) is 16.5 Å². The fraction of sp³-hybridized carbons (Fsp3) is 0.348. The van der Waals surface area contributed by atoms with Crippen molar-refractivity contribution in [1.29, 1.82) is 0 Å². The Morgan fingerprint density at radius 1 is 1.14 bits per heavy atom. The van der Waals surface area contributed by atoms with Crippen molar-refractivity contribution >= 4 is 45.0 Å². The number of carboxylic acid groups (broad SMARTS) is 1. The molecule has 14 heteroatoms. The average molecular weight is 570 g/mol. The Bertz CT molecular complexity index is 1330. The summed E-state index contributed by atoms with van der Waals surface area (Å²) >= 11 is 12.3. The number of sulfonamides is 1. The van der Waals surface area contributed by atoms with Crippen molar-refractivity contribution < 1.29 is 27.9 Å². The van der Waals surface area contributed by atoms with Gasteiger partial charge in [0.05, 0.1) is 24.0 Å². The van der Waals surface area contributed by atoms with Crippen molar-refractivity contribution in [2.75, 3.05) is 6.61 Å². The van der Waals surface area contributed by atoms with Crippen LogP contribution in [0.25, 0.3) is 0 Å². The predicted octanol–water partition coefficient (Wildman–Crippen LogP) is 3.14. The number of Topliss-reactive ketones (excluding diaryl/α,β-unsaturated/α-hetero) is 1. The van der Waals surface area contributed by atoms with Gasteiger partial charge in [-0.15, -0.1) is 10.2 Å². The summed E-state index contributed by atoms with van der Waals surface area (Å²) in [5, 5.41) is 21.8. The lowest BCUT2D eigenvalue weighted by atomic mass is 10.1. The molecular formula is C23H25Cl2N5O6S. The van der Waals surface area contributed by atoms with Crippen LogP contribution in [0, 0.1) is 0 Å². The fourth-order valence-electron chi connectivity index (χ4n) is 3.22. The van der Waals surface area contributed by atoms with Crippen molar-refractivity contribution in [3.63, 3.8) is 0 Å². The number of ketones is 1. The van der Waals surface area contributed by atoms with Gasteiger partial charge in [0.2, 0.25) is 10.0 Å². The standard InChI is InChI=1S/C23H25Cl2N5O6S/c1-2-3-11-36-15-7-9-16(10-8-15)37(34,35)28-20(13-23(32)33)21(31)14-30-27-22(26-29-30)12-17-18(24)5-4-6-19(17)25/h4-10,20,28H,2-3,11-14H2,1H3,(H,32,33). The average Bonchev–Trinajstić information content (AvgIpc) is 3.28. The summed E-state index contributed by atoms with van der Waals surface area (Å²) in [4.78, 5) is 25.0. The quantitative estimate of drug-likeness (QED) is 0.278. The Kier molecular flexibility index (Phi) is 9.98. The molecule has 11 nitrogen and oxygen atoms in total. The predicted molar refractivity (Wildman–Crippen MR) is 135 cm³/mol. The minimum absolute atomic E-state index is 0.142. The van der Waals surface area contributed by atoms with Crippen molar-refractivity contribution in [2.24, 2.45) is 0 Å². The molecule has 0 aliphatic heterocycles. The largest absolute Gasteiger partial charge is 0.494 e. The number of tetrazole rings is 1. The zero-order chi connectivity index (χ0) is 27.0. The van der Waals surface area contributed by atoms with E-state index in [4.69, 9.17) is 27.9 Å². The highest BCUT2D eigenvalue weighted by Crippen LogP contribution is 2.25. The molecule has 1 aromatic heterocycles. The van der Waals surface area contributed by atoms with Crippen LogP contribution in [-0.2, 0) is 32.6 Å². The minimum Gasteiger partial charge on any atom is -0.494 e. The number of aliphatic carboxylic acids is 1. The Hall–Kier alpha value is -3.06. The first kappa shape index (κ1) is 28.5. The molecule has 0 aliphatic rings. The van der Waals surface area contributed by atoms with Crippen LogP contribution < -0.4 is 9.46 Å². The molecule has 0 fully saturated rings. The van der Waals surface area contributed by atoms with Crippen molar-refractivity contribution in [3.05, 3.63) is 63.9 Å². The Morgan fingerprint density at radius 3 is 2.43 bits per heavy atom. The van der Waals surface area contributed by atoms with Crippen LogP contribution in [0.5, 0.6) is 5.75 Å². The summed E-state index contributed by atoms with van der Waals surface area (Å²) in [7, 11) is -4.21. The molecule has 3 aromatic rings. The van der Waals surface area contributed by atoms with Gasteiger partial charge in [-0.1, -0.05) is 42.6 Å². The summed E-state index contributed by atoms with van der Waals surface area (Å²) in [5.41, 5.74) is 0.579. The number of hydrogen-bond donors (Lipinski definition) is 2. The molecule has 1 atom stereocenters. The molecule has 2 N–H and O–H groups in total. The van der Waals surface area contributed by atoms with Crippen LogP contribution in [0.3, 0.4) is 0 Å². The highest BCUT2D eigenvalue weighted by molar-refractivity contribution is 7.89. The van der Waals surface area contributed by atoms with E-state index in [0.29, 0.717) is 28.0 Å². The van der Waals surface area contributed by atoms with E-state index in [0.717, 1.165) is 17.6 Å². The van der Waals surface area contributed by atoms with Crippen molar-refractivity contribution in [3.8, 4) is 5.75 Å². The first-order valence-electron chi connectivity index (χ1n) is 11.3. The maximum absolute atomic E-state index is 12.9. The monoisotopic (exact) mass is 569 g/mol. The highest BCUT2D eigenvalue weighted by Gasteiger charge is 2.28. The summed E-state index contributed by atoms with van der Waals surface area (Å²) in [6.07, 6.45) is 1.19. The fourth-order valence-corrected chi connectivity index (χ4v) is 4.97. The molecule has 0 saturated heterocycles. The third kappa shape index (κ3) is 8.22. The van der Waals surface area contributed by atoms with Crippen LogP contribution >= 0.6 is 23.2 Å². The van der Waals surface area contributed by atoms with Gasteiger partial charge in [-0.3, -0.25) is 9.59 Å². The first-order valence-corrected chi connectivity index (χ1v) is 13.5. The number of ether oxygens (including phenoxy) is 1. The van der Waals surface area contributed by atoms with E-state index in [-0.39, 0.29) is 17.1 Å². The van der Waals surface area contributed by atoms with Crippen LogP contribution in [0.2, 0.25) is 10.0 Å². The molecule has 1 unspecified atom stereocenters. The van der Waals surface area contributed by atoms with Gasteiger partial charge in [0.15, 0.2) is 11.6 Å². The molecule has 198 valence electrons. The van der Waals surface area contributed by atoms with Gasteiger partial charge in [-0.05, 0) is 53.6 Å². The lowest BCUT2D eigenvalue weighted by Gasteiger charge is -2.16. The van der Waals surface area contributed by atoms with Crippen LogP contribution in [0.1, 0.15) is 37.6 Å². The molecule has 1 heterocycles. The van der Waals surface area contributed by atoms with E-state index in [2.05, 4.69) is 20.1 Å². The van der Waals surface area contributed by atoms with E-state index in [1.807, 2.05) is 6.92 Å². The number of rotatable bonds is 14. The Morgan fingerprint density at radius 2 is 1.81 bits per heavy atom. The molecule has 3 rings (SSSR count). The van der Waals surface area contributed by atoms with Gasteiger partial charge >= 0.3 is 5.97 Å². The molecular weight excluding hydrogens is 545 g/mol. The highest BCUT2D eigenvalue weighted by atomic mass is 35.5. The van der Waals surface area contributed by atoms with E-state index in [1.165, 1.54) is 24.3 Å². The van der Waals surface area contributed by atoms with Gasteiger partial charge in [0.1, 0.15) is 12.3 Å². The smallest absolute Gasteiger partial charge is 0.305 e. The maximum atomic E-state index is 12.9. The van der Waals surface area contributed by atoms with E-state index < -0.39 is 40.8 Å². The molecule has 0 bridgehead atoms. The number of carbonyl (C=O) groups is 2. The number of benzene rings is 2. The first-order chi connectivity index (χ1) is 17.6. The minimum atomic E-state index is -4.21. The second-order valence-corrected chi connectivity index (χ2v) is 10.6. The summed E-state index contributed by atoms with van der Waals surface area (Å²) in [6.45, 7) is 2.02. The summed E-state index contributed by atoms with van der Waals surface area (Å²) in [5.74, 6) is -1.40. The molecule has 0 radical (unpaired) electrons. The van der Waals surface area contributed by atoms with Crippen molar-refractivity contribution in [1.82, 2.24) is 24.9 Å². The zero-order valence-corrected chi connectivity index (χ0v) is 22.1. The number of carboxylic acids is 1. The van der Waals surface area contributed by atoms with E-state index in [9.17, 15) is 23.1 Å². The maximum Gasteiger partial charge on any atom is 0.305 e.